The first-order chi connectivity index (χ1) is 4.83. The van der Waals surface area contributed by atoms with Gasteiger partial charge in [0.15, 0.2) is 0 Å². The van der Waals surface area contributed by atoms with E-state index in [-0.39, 0.29) is 0 Å². The lowest BCUT2D eigenvalue weighted by molar-refractivity contribution is -0.0171. The maximum absolute atomic E-state index is 5.48. The van der Waals surface area contributed by atoms with Gasteiger partial charge in [-0.3, -0.25) is 0 Å². The highest BCUT2D eigenvalue weighted by Gasteiger charge is 2.15. The van der Waals surface area contributed by atoms with Crippen LogP contribution in [0.4, 0.5) is 0 Å². The van der Waals surface area contributed by atoms with E-state index < -0.39 is 0 Å². The van der Waals surface area contributed by atoms with Crippen LogP contribution < -0.4 is 0 Å². The molecule has 0 spiro atoms. The van der Waals surface area contributed by atoms with Crippen LogP contribution in [0.15, 0.2) is 12.7 Å². The van der Waals surface area contributed by atoms with E-state index in [4.69, 9.17) is 4.74 Å². The van der Waals surface area contributed by atoms with Gasteiger partial charge in [-0.05, 0) is 13.5 Å². The molecule has 2 heteroatoms. The Morgan fingerprint density at radius 2 is 2.60 bits per heavy atom. The number of rotatable bonds is 2. The molecule has 0 aromatic carbocycles. The lowest BCUT2D eigenvalue weighted by Gasteiger charge is -2.29. The summed E-state index contributed by atoms with van der Waals surface area (Å²) in [5, 5.41) is 0. The van der Waals surface area contributed by atoms with Gasteiger partial charge >= 0.3 is 0 Å². The van der Waals surface area contributed by atoms with E-state index in [2.05, 4.69) is 18.5 Å². The minimum absolute atomic E-state index is 0.385. The average molecular weight is 141 g/mol. The van der Waals surface area contributed by atoms with Gasteiger partial charge in [0.25, 0.3) is 0 Å². The highest BCUT2D eigenvalue weighted by Crippen LogP contribution is 2.06. The van der Waals surface area contributed by atoms with Crippen LogP contribution in [0.3, 0.4) is 0 Å². The standard InChI is InChI=1S/C8H15NO/c1-3-4-8-7-9(2)5-6-10-8/h3,8H,1,4-7H2,2H3. The summed E-state index contributed by atoms with van der Waals surface area (Å²) in [6, 6.07) is 0. The van der Waals surface area contributed by atoms with Crippen molar-refractivity contribution in [1.82, 2.24) is 4.90 Å². The summed E-state index contributed by atoms with van der Waals surface area (Å²) >= 11 is 0. The topological polar surface area (TPSA) is 12.5 Å². The summed E-state index contributed by atoms with van der Waals surface area (Å²) in [7, 11) is 2.12. The molecular weight excluding hydrogens is 126 g/mol. The molecule has 1 aliphatic heterocycles. The van der Waals surface area contributed by atoms with Crippen LogP contribution in [0.25, 0.3) is 0 Å². The predicted molar refractivity (Wildman–Crippen MR) is 42.1 cm³/mol. The predicted octanol–water partition coefficient (Wildman–Crippen LogP) is 0.893. The Kier molecular flexibility index (Phi) is 2.90. The number of ether oxygens (including phenoxy) is 1. The van der Waals surface area contributed by atoms with Crippen molar-refractivity contribution in [2.24, 2.45) is 0 Å². The molecule has 1 aliphatic rings. The molecule has 2 nitrogen and oxygen atoms in total. The van der Waals surface area contributed by atoms with E-state index in [0.29, 0.717) is 6.10 Å². The first-order valence-corrected chi connectivity index (χ1v) is 3.74. The second kappa shape index (κ2) is 3.74. The molecule has 1 unspecified atom stereocenters. The summed E-state index contributed by atoms with van der Waals surface area (Å²) < 4.78 is 5.48. The van der Waals surface area contributed by atoms with Gasteiger partial charge in [0.1, 0.15) is 0 Å². The molecule has 58 valence electrons. The van der Waals surface area contributed by atoms with E-state index in [1.165, 1.54) is 0 Å². The Hall–Kier alpha value is -0.340. The van der Waals surface area contributed by atoms with Gasteiger partial charge in [-0.25, -0.2) is 0 Å². The Labute approximate surface area is 62.5 Å². The van der Waals surface area contributed by atoms with E-state index in [0.717, 1.165) is 26.1 Å². The highest BCUT2D eigenvalue weighted by molar-refractivity contribution is 4.77. The molecule has 10 heavy (non-hydrogen) atoms. The molecule has 1 fully saturated rings. The van der Waals surface area contributed by atoms with Gasteiger partial charge in [-0.2, -0.15) is 0 Å². The van der Waals surface area contributed by atoms with Crippen LogP contribution in [0.1, 0.15) is 6.42 Å². The van der Waals surface area contributed by atoms with Crippen molar-refractivity contribution in [3.63, 3.8) is 0 Å². The summed E-state index contributed by atoms with van der Waals surface area (Å²) in [6.45, 7) is 6.66. The highest BCUT2D eigenvalue weighted by atomic mass is 16.5. The fourth-order valence-electron chi connectivity index (χ4n) is 1.20. The largest absolute Gasteiger partial charge is 0.375 e. The Bertz CT molecular complexity index is 114. The fraction of sp³-hybridized carbons (Fsp3) is 0.750. The van der Waals surface area contributed by atoms with Crippen molar-refractivity contribution in [3.8, 4) is 0 Å². The Balaban J connectivity index is 2.24. The van der Waals surface area contributed by atoms with Crippen molar-refractivity contribution in [2.45, 2.75) is 12.5 Å². The molecule has 1 rings (SSSR count). The zero-order chi connectivity index (χ0) is 7.40. The van der Waals surface area contributed by atoms with Crippen molar-refractivity contribution >= 4 is 0 Å². The number of hydrogen-bond donors (Lipinski definition) is 0. The Morgan fingerprint density at radius 1 is 1.80 bits per heavy atom. The second-order valence-corrected chi connectivity index (χ2v) is 2.78. The first-order valence-electron chi connectivity index (χ1n) is 3.74. The molecule has 1 saturated heterocycles. The van der Waals surface area contributed by atoms with E-state index in [9.17, 15) is 0 Å². The van der Waals surface area contributed by atoms with Crippen LogP contribution in [0, 0.1) is 0 Å². The molecule has 0 bridgehead atoms. The fourth-order valence-corrected chi connectivity index (χ4v) is 1.20. The van der Waals surface area contributed by atoms with Gasteiger partial charge in [0.05, 0.1) is 12.7 Å². The van der Waals surface area contributed by atoms with Crippen molar-refractivity contribution < 1.29 is 4.74 Å². The number of likely N-dealkylation sites (N-methyl/N-ethyl adjacent to an activating group) is 1. The van der Waals surface area contributed by atoms with Gasteiger partial charge < -0.3 is 9.64 Å². The van der Waals surface area contributed by atoms with E-state index in [1.54, 1.807) is 0 Å². The maximum atomic E-state index is 5.48. The molecule has 0 N–H and O–H groups in total. The van der Waals surface area contributed by atoms with E-state index >= 15 is 0 Å². The molecule has 0 aromatic heterocycles. The summed E-state index contributed by atoms with van der Waals surface area (Å²) in [5.74, 6) is 0. The number of nitrogens with zero attached hydrogens (tertiary/aromatic N) is 1. The molecule has 0 aliphatic carbocycles. The third-order valence-corrected chi connectivity index (χ3v) is 1.77. The third-order valence-electron chi connectivity index (χ3n) is 1.77. The molecular formula is C8H15NO. The lowest BCUT2D eigenvalue weighted by atomic mass is 10.2. The molecule has 0 amide bonds. The van der Waals surface area contributed by atoms with Crippen molar-refractivity contribution in [2.75, 3.05) is 26.7 Å². The average Bonchev–Trinajstić information content (AvgIpc) is 1.88. The monoisotopic (exact) mass is 141 g/mol. The zero-order valence-electron chi connectivity index (χ0n) is 6.55. The Morgan fingerprint density at radius 3 is 3.20 bits per heavy atom. The lowest BCUT2D eigenvalue weighted by Crippen LogP contribution is -2.39. The summed E-state index contributed by atoms with van der Waals surface area (Å²) in [5.41, 5.74) is 0. The first kappa shape index (κ1) is 7.76. The van der Waals surface area contributed by atoms with Crippen LogP contribution in [-0.4, -0.2) is 37.7 Å². The SMILES string of the molecule is C=CCC1CN(C)CCO1. The van der Waals surface area contributed by atoms with Crippen molar-refractivity contribution in [1.29, 1.82) is 0 Å². The minimum Gasteiger partial charge on any atom is -0.375 e. The van der Waals surface area contributed by atoms with Crippen LogP contribution in [0.5, 0.6) is 0 Å². The van der Waals surface area contributed by atoms with Crippen molar-refractivity contribution in [3.05, 3.63) is 12.7 Å². The van der Waals surface area contributed by atoms with Gasteiger partial charge in [0, 0.05) is 13.1 Å². The molecule has 0 radical (unpaired) electrons. The minimum atomic E-state index is 0.385. The molecule has 1 atom stereocenters. The molecule has 0 saturated carbocycles. The number of hydrogen-bond acceptors (Lipinski definition) is 2. The van der Waals surface area contributed by atoms with Crippen LogP contribution >= 0.6 is 0 Å². The van der Waals surface area contributed by atoms with Gasteiger partial charge in [0.2, 0.25) is 0 Å². The third kappa shape index (κ3) is 2.12. The second-order valence-electron chi connectivity index (χ2n) is 2.78. The van der Waals surface area contributed by atoms with E-state index in [1.807, 2.05) is 6.08 Å². The van der Waals surface area contributed by atoms with Gasteiger partial charge in [-0.1, -0.05) is 6.08 Å². The normalized spacial score (nSPS) is 28.3. The quantitative estimate of drug-likeness (QED) is 0.530. The summed E-state index contributed by atoms with van der Waals surface area (Å²) in [4.78, 5) is 2.29. The zero-order valence-corrected chi connectivity index (χ0v) is 6.55. The molecule has 1 heterocycles. The smallest absolute Gasteiger partial charge is 0.0736 e. The summed E-state index contributed by atoms with van der Waals surface area (Å²) in [6.07, 6.45) is 3.28. The van der Waals surface area contributed by atoms with Gasteiger partial charge in [-0.15, -0.1) is 6.58 Å². The molecule has 0 aromatic rings. The van der Waals surface area contributed by atoms with Crippen LogP contribution in [-0.2, 0) is 4.74 Å². The number of morpholine rings is 1. The van der Waals surface area contributed by atoms with Crippen LogP contribution in [0.2, 0.25) is 0 Å². The maximum Gasteiger partial charge on any atom is 0.0736 e.